The van der Waals surface area contributed by atoms with Crippen LogP contribution in [-0.2, 0) is 4.79 Å². The summed E-state index contributed by atoms with van der Waals surface area (Å²) < 4.78 is 0. The second-order valence-electron chi connectivity index (χ2n) is 4.67. The predicted molar refractivity (Wildman–Crippen MR) is 66.7 cm³/mol. The molecule has 0 saturated heterocycles. The molecule has 1 aromatic rings. The lowest BCUT2D eigenvalue weighted by Crippen LogP contribution is -2.35. The molecule has 0 aliphatic carbocycles. The second kappa shape index (κ2) is 6.35. The van der Waals surface area contributed by atoms with E-state index in [1.165, 1.54) is 0 Å². The van der Waals surface area contributed by atoms with E-state index in [9.17, 15) is 4.79 Å². The molecule has 1 atom stereocenters. The van der Waals surface area contributed by atoms with Gasteiger partial charge in [-0.2, -0.15) is 0 Å². The van der Waals surface area contributed by atoms with Gasteiger partial charge < -0.3 is 5.11 Å². The molecule has 0 bridgehead atoms. The Morgan fingerprint density at radius 2 is 1.94 bits per heavy atom. The normalized spacial score (nSPS) is 13.0. The smallest absolute Gasteiger partial charge is 0.317 e. The molecule has 17 heavy (non-hydrogen) atoms. The van der Waals surface area contributed by atoms with Gasteiger partial charge in [-0.15, -0.1) is 0 Å². The SMILES string of the molecule is CC(C)CN(CC(=O)O)C(C)c1ccncc1. The number of pyridine rings is 1. The molecule has 94 valence electrons. The highest BCUT2D eigenvalue weighted by Gasteiger charge is 2.19. The Balaban J connectivity index is 2.78. The Morgan fingerprint density at radius 3 is 2.41 bits per heavy atom. The van der Waals surface area contributed by atoms with Gasteiger partial charge in [-0.1, -0.05) is 13.8 Å². The average molecular weight is 236 g/mol. The molecule has 1 rings (SSSR count). The van der Waals surface area contributed by atoms with Crippen LogP contribution in [0, 0.1) is 5.92 Å². The number of hydrogen-bond donors (Lipinski definition) is 1. The third kappa shape index (κ3) is 4.53. The van der Waals surface area contributed by atoms with E-state index in [-0.39, 0.29) is 12.6 Å². The highest BCUT2D eigenvalue weighted by atomic mass is 16.4. The summed E-state index contributed by atoms with van der Waals surface area (Å²) in [6, 6.07) is 3.95. The van der Waals surface area contributed by atoms with E-state index in [2.05, 4.69) is 18.8 Å². The van der Waals surface area contributed by atoms with Gasteiger partial charge in [0.15, 0.2) is 0 Å². The summed E-state index contributed by atoms with van der Waals surface area (Å²) in [5.41, 5.74) is 1.10. The molecule has 0 saturated carbocycles. The first-order valence-electron chi connectivity index (χ1n) is 5.86. The molecule has 0 amide bonds. The van der Waals surface area contributed by atoms with Crippen molar-refractivity contribution in [3.63, 3.8) is 0 Å². The molecule has 1 heterocycles. The zero-order chi connectivity index (χ0) is 12.8. The van der Waals surface area contributed by atoms with Crippen molar-refractivity contribution in [1.29, 1.82) is 0 Å². The van der Waals surface area contributed by atoms with E-state index < -0.39 is 5.97 Å². The maximum Gasteiger partial charge on any atom is 0.317 e. The van der Waals surface area contributed by atoms with Crippen LogP contribution in [0.15, 0.2) is 24.5 Å². The second-order valence-corrected chi connectivity index (χ2v) is 4.67. The summed E-state index contributed by atoms with van der Waals surface area (Å²) >= 11 is 0. The molecule has 0 aromatic carbocycles. The van der Waals surface area contributed by atoms with Gasteiger partial charge in [0.05, 0.1) is 6.54 Å². The topological polar surface area (TPSA) is 53.4 Å². The van der Waals surface area contributed by atoms with Gasteiger partial charge in [0.1, 0.15) is 0 Å². The van der Waals surface area contributed by atoms with Crippen molar-refractivity contribution >= 4 is 5.97 Å². The number of carboxylic acid groups (broad SMARTS) is 1. The van der Waals surface area contributed by atoms with E-state index >= 15 is 0 Å². The summed E-state index contributed by atoms with van der Waals surface area (Å²) in [7, 11) is 0. The minimum Gasteiger partial charge on any atom is -0.480 e. The predicted octanol–water partition coefficient (Wildman–Crippen LogP) is 2.19. The van der Waals surface area contributed by atoms with Crippen LogP contribution >= 0.6 is 0 Å². The quantitative estimate of drug-likeness (QED) is 0.822. The summed E-state index contributed by atoms with van der Waals surface area (Å²) in [4.78, 5) is 16.8. The van der Waals surface area contributed by atoms with E-state index in [4.69, 9.17) is 5.11 Å². The standard InChI is InChI=1S/C13H20N2O2/c1-10(2)8-15(9-13(16)17)11(3)12-4-6-14-7-5-12/h4-7,10-11H,8-9H2,1-3H3,(H,16,17). The van der Waals surface area contributed by atoms with E-state index in [0.717, 1.165) is 12.1 Å². The molecule has 1 unspecified atom stereocenters. The van der Waals surface area contributed by atoms with Crippen LogP contribution in [0.25, 0.3) is 0 Å². The molecular weight excluding hydrogens is 216 g/mol. The highest BCUT2D eigenvalue weighted by molar-refractivity contribution is 5.69. The maximum absolute atomic E-state index is 10.9. The lowest BCUT2D eigenvalue weighted by Gasteiger charge is -2.29. The Hall–Kier alpha value is -1.42. The molecule has 1 aromatic heterocycles. The number of aromatic nitrogens is 1. The largest absolute Gasteiger partial charge is 0.480 e. The van der Waals surface area contributed by atoms with Gasteiger partial charge in [-0.3, -0.25) is 14.7 Å². The van der Waals surface area contributed by atoms with E-state index in [1.807, 2.05) is 24.0 Å². The van der Waals surface area contributed by atoms with Crippen LogP contribution in [0.4, 0.5) is 0 Å². The number of nitrogens with zero attached hydrogens (tertiary/aromatic N) is 2. The van der Waals surface area contributed by atoms with Gasteiger partial charge in [-0.05, 0) is 30.5 Å². The van der Waals surface area contributed by atoms with Crippen molar-refractivity contribution in [2.24, 2.45) is 5.92 Å². The molecule has 0 spiro atoms. The fourth-order valence-corrected chi connectivity index (χ4v) is 1.86. The van der Waals surface area contributed by atoms with Crippen LogP contribution in [0.1, 0.15) is 32.4 Å². The number of aliphatic carboxylic acids is 1. The molecule has 4 nitrogen and oxygen atoms in total. The third-order valence-corrected chi connectivity index (χ3v) is 2.67. The van der Waals surface area contributed by atoms with E-state index in [1.54, 1.807) is 12.4 Å². The van der Waals surface area contributed by atoms with Crippen LogP contribution in [0.3, 0.4) is 0 Å². The van der Waals surface area contributed by atoms with Gasteiger partial charge in [-0.25, -0.2) is 0 Å². The first-order valence-corrected chi connectivity index (χ1v) is 5.86. The minimum atomic E-state index is -0.786. The lowest BCUT2D eigenvalue weighted by atomic mass is 10.1. The molecule has 0 fully saturated rings. The molecule has 0 aliphatic rings. The zero-order valence-corrected chi connectivity index (χ0v) is 10.6. The molecular formula is C13H20N2O2. The monoisotopic (exact) mass is 236 g/mol. The number of carboxylic acids is 1. The molecule has 1 N–H and O–H groups in total. The van der Waals surface area contributed by atoms with Crippen LogP contribution in [0.5, 0.6) is 0 Å². The summed E-state index contributed by atoms with van der Waals surface area (Å²) in [6.07, 6.45) is 3.47. The number of carbonyl (C=O) groups is 1. The lowest BCUT2D eigenvalue weighted by molar-refractivity contribution is -0.139. The van der Waals surface area contributed by atoms with Crippen molar-refractivity contribution in [1.82, 2.24) is 9.88 Å². The minimum absolute atomic E-state index is 0.0711. The Labute approximate surface area is 102 Å². The fraction of sp³-hybridized carbons (Fsp3) is 0.538. The highest BCUT2D eigenvalue weighted by Crippen LogP contribution is 2.20. The molecule has 0 radical (unpaired) electrons. The number of rotatable bonds is 6. The Morgan fingerprint density at radius 1 is 1.35 bits per heavy atom. The zero-order valence-electron chi connectivity index (χ0n) is 10.6. The summed E-state index contributed by atoms with van der Waals surface area (Å²) in [5.74, 6) is -0.342. The summed E-state index contributed by atoms with van der Waals surface area (Å²) in [5, 5.41) is 8.94. The Kier molecular flexibility index (Phi) is 5.10. The van der Waals surface area contributed by atoms with E-state index in [0.29, 0.717) is 5.92 Å². The van der Waals surface area contributed by atoms with Crippen LogP contribution < -0.4 is 0 Å². The Bertz CT molecular complexity index is 352. The van der Waals surface area contributed by atoms with Gasteiger partial charge >= 0.3 is 5.97 Å². The van der Waals surface area contributed by atoms with Crippen molar-refractivity contribution < 1.29 is 9.90 Å². The molecule has 0 aliphatic heterocycles. The van der Waals surface area contributed by atoms with Crippen molar-refractivity contribution in [2.75, 3.05) is 13.1 Å². The van der Waals surface area contributed by atoms with Crippen molar-refractivity contribution in [2.45, 2.75) is 26.8 Å². The van der Waals surface area contributed by atoms with Gasteiger partial charge in [0.25, 0.3) is 0 Å². The summed E-state index contributed by atoms with van der Waals surface area (Å²) in [6.45, 7) is 7.06. The van der Waals surface area contributed by atoms with Crippen LogP contribution in [0.2, 0.25) is 0 Å². The van der Waals surface area contributed by atoms with Gasteiger partial charge in [0.2, 0.25) is 0 Å². The van der Waals surface area contributed by atoms with Gasteiger partial charge in [0, 0.05) is 25.0 Å². The maximum atomic E-state index is 10.9. The van der Waals surface area contributed by atoms with Crippen molar-refractivity contribution in [3.8, 4) is 0 Å². The first-order chi connectivity index (χ1) is 8.00. The van der Waals surface area contributed by atoms with Crippen molar-refractivity contribution in [3.05, 3.63) is 30.1 Å². The van der Waals surface area contributed by atoms with Crippen LogP contribution in [-0.4, -0.2) is 34.0 Å². The molecule has 4 heteroatoms. The fourth-order valence-electron chi connectivity index (χ4n) is 1.86. The third-order valence-electron chi connectivity index (χ3n) is 2.67. The number of hydrogen-bond acceptors (Lipinski definition) is 3. The first kappa shape index (κ1) is 13.6. The average Bonchev–Trinajstić information content (AvgIpc) is 2.27.